The molecule has 20 unspecified atom stereocenters. The van der Waals surface area contributed by atoms with Crippen molar-refractivity contribution >= 4 is 29.1 Å². The molecular weight excluding hydrogens is 1540 g/mol. The van der Waals surface area contributed by atoms with Crippen molar-refractivity contribution in [2.24, 2.45) is 151 Å². The van der Waals surface area contributed by atoms with Crippen molar-refractivity contribution in [1.82, 2.24) is 0 Å². The molecule has 16 heteroatoms. The van der Waals surface area contributed by atoms with Gasteiger partial charge in [0.25, 0.3) is 0 Å². The fraction of sp³-hybridized carbons (Fsp3) is 0.804. The van der Waals surface area contributed by atoms with E-state index in [1.54, 1.807) is 5.57 Å². The lowest BCUT2D eigenvalue weighted by atomic mass is 9.48. The minimum atomic E-state index is -0.914. The van der Waals surface area contributed by atoms with E-state index in [1.165, 1.54) is 91.2 Å². The highest BCUT2D eigenvalue weighted by atomic mass is 16.8. The summed E-state index contributed by atoms with van der Waals surface area (Å²) in [4.78, 5) is 61.3. The first-order chi connectivity index (χ1) is 59.4. The van der Waals surface area contributed by atoms with Gasteiger partial charge in [0.05, 0.1) is 65.4 Å². The fourth-order valence-corrected chi connectivity index (χ4v) is 36.9. The summed E-state index contributed by atoms with van der Waals surface area (Å²) in [6.07, 6.45) is 57.7. The van der Waals surface area contributed by atoms with Crippen LogP contribution in [0.3, 0.4) is 0 Å². The number of allylic oxidation sites excluding steroid dienone is 8. The summed E-state index contributed by atoms with van der Waals surface area (Å²) in [5.41, 5.74) is 8.85. The molecule has 5 aliphatic heterocycles. The van der Waals surface area contributed by atoms with E-state index in [9.17, 15) is 34.2 Å². The van der Waals surface area contributed by atoms with Gasteiger partial charge in [0.15, 0.2) is 34.7 Å². The van der Waals surface area contributed by atoms with Gasteiger partial charge in [-0.15, -0.1) is 6.42 Å². The van der Waals surface area contributed by atoms with E-state index >= 15 is 0 Å². The maximum atomic E-state index is 12.8. The second-order valence-corrected chi connectivity index (χ2v) is 45.1. The first kappa shape index (κ1) is 85.3. The van der Waals surface area contributed by atoms with Gasteiger partial charge in [0.2, 0.25) is 0 Å². The van der Waals surface area contributed by atoms with E-state index in [2.05, 4.69) is 71.9 Å². The molecule has 15 saturated carbocycles. The molecule has 0 amide bonds. The van der Waals surface area contributed by atoms with Crippen LogP contribution < -0.4 is 0 Å². The van der Waals surface area contributed by atoms with Crippen LogP contribution in [-0.4, -0.2) is 133 Å². The minimum Gasteiger partial charge on any atom is -0.462 e. The average Bonchev–Trinajstić information content (AvgIpc) is 1.56. The third kappa shape index (κ3) is 13.1. The molecular formula is C107H146O16. The zero-order valence-corrected chi connectivity index (χ0v) is 75.2. The van der Waals surface area contributed by atoms with Crippen molar-refractivity contribution in [1.29, 1.82) is 0 Å². The Bertz CT molecular complexity index is 4410. The van der Waals surface area contributed by atoms with Gasteiger partial charge < -0.3 is 52.8 Å². The van der Waals surface area contributed by atoms with E-state index in [4.69, 9.17) is 49.1 Å². The van der Waals surface area contributed by atoms with Crippen molar-refractivity contribution in [3.8, 4) is 12.3 Å². The number of aliphatic hydroxyl groups excluding tert-OH is 1. The first-order valence-corrected chi connectivity index (χ1v) is 50.6. The molecule has 0 aromatic heterocycles. The molecule has 5 spiro atoms. The number of rotatable bonds is 3. The Kier molecular flexibility index (Phi) is 22.1. The molecule has 16 nitrogen and oxygen atoms in total. The monoisotopic (exact) mass is 1690 g/mol. The van der Waals surface area contributed by atoms with Crippen LogP contribution in [-0.2, 0) is 66.6 Å². The van der Waals surface area contributed by atoms with Crippen LogP contribution in [0.4, 0.5) is 0 Å². The molecule has 5 heterocycles. The lowest BCUT2D eigenvalue weighted by molar-refractivity contribution is -0.280. The molecule has 20 fully saturated rings. The molecule has 0 radical (unpaired) electrons. The van der Waals surface area contributed by atoms with Gasteiger partial charge in [-0.3, -0.25) is 24.0 Å². The Morgan fingerprint density at radius 3 is 1.60 bits per heavy atom. The Labute approximate surface area is 733 Å². The summed E-state index contributed by atoms with van der Waals surface area (Å²) in [7, 11) is 0. The van der Waals surface area contributed by atoms with Crippen LogP contribution in [0, 0.1) is 164 Å². The minimum absolute atomic E-state index is 0.00607. The van der Waals surface area contributed by atoms with Crippen LogP contribution >= 0.6 is 0 Å². The van der Waals surface area contributed by atoms with Gasteiger partial charge in [0, 0.05) is 84.4 Å². The molecule has 29 atom stereocenters. The number of fused-ring (bicyclic) bond motifs is 27. The van der Waals surface area contributed by atoms with Gasteiger partial charge in [-0.05, 0) is 342 Å². The maximum absolute atomic E-state index is 12.8. The highest BCUT2D eigenvalue weighted by Crippen LogP contribution is 2.74. The molecule has 2 N–H and O–H groups in total. The number of hydrogen-bond acceptors (Lipinski definition) is 16. The van der Waals surface area contributed by atoms with Crippen molar-refractivity contribution in [2.45, 2.75) is 332 Å². The topological polar surface area (TPSA) is 209 Å². The quantitative estimate of drug-likeness (QED) is 0.153. The van der Waals surface area contributed by atoms with Crippen LogP contribution in [0.1, 0.15) is 291 Å². The Morgan fingerprint density at radius 1 is 0.455 bits per heavy atom. The van der Waals surface area contributed by atoms with Crippen LogP contribution in [0.15, 0.2) is 82.5 Å². The molecule has 25 aliphatic rings. The second-order valence-electron chi connectivity index (χ2n) is 45.1. The smallest absolute Gasteiger partial charge is 0.306 e. The second kappa shape index (κ2) is 31.9. The number of esters is 1. The predicted octanol–water partition coefficient (Wildman–Crippen LogP) is 19.4. The number of aliphatic hydroxyl groups is 2. The lowest BCUT2D eigenvalue weighted by Gasteiger charge is -2.60. The fourth-order valence-electron chi connectivity index (χ4n) is 36.9. The molecule has 670 valence electrons. The molecule has 0 aromatic rings. The number of Topliss-reactive ketones (excluding diaryl/α,β-unsaturated/α-hetero) is 2. The van der Waals surface area contributed by atoms with Crippen molar-refractivity contribution in [3.05, 3.63) is 82.5 Å². The number of ketones is 4. The summed E-state index contributed by atoms with van der Waals surface area (Å²) < 4.78 is 55.1. The standard InChI is InChI=1S/C23H30O6.C23H34O5.C22H30O.C20H26O2.C19H26O2/c24-19-13-21-12-18(29-19)20-15-3-5-22(25-7-8-26-22)11-14(15)1-2-16(20)17(21)4-6-23(21)27-9-10-28-23;1-2-21-14-19(24)20-16-5-7-22(25-9-10-26-22)13-15(16)3-4-17(20)18(21)6-8-23(21)27-11-12-28-23;1-4-21-14-15(3)20-17-9-7-6-8-16(17)10-11-18(20)19(21)12-13-22(21,23)5-2;1-3-20-11-12(2)19-15-7-5-14(21)10-13(15)4-6-16(19)17(20)8-9-18(20)22;1-11-10-19(2)16(7-8-17(19)21)15-5-3-12-9-13(20)4-6-14(12)18(11)15/h11,15-18,20H,1-10,12-13H2;13,16-20,24H,2-12,14H2,1H3;2,8,17-20,23H,3-4,6-7,9-14H2,1H3;10,15-17,19H,2-9,11H2,1H3;9,11,14-16,18H,3-8,10H2,1-2H3/t15?,16?,17?,18-,20?,21+;16?,17?,18?,19-,20?,21-;17?,18?,19?,20?,21-,22-;15?,16?,17?,19?,20-;11-,14?,15?,16?,18?,19-/m00000/s1. The van der Waals surface area contributed by atoms with Gasteiger partial charge in [-0.1, -0.05) is 98.8 Å². The van der Waals surface area contributed by atoms with Gasteiger partial charge >= 0.3 is 5.97 Å². The van der Waals surface area contributed by atoms with Crippen molar-refractivity contribution in [2.75, 3.05) is 52.9 Å². The van der Waals surface area contributed by atoms with Crippen molar-refractivity contribution < 1.29 is 76.8 Å². The number of terminal acetylenes is 1. The highest BCUT2D eigenvalue weighted by molar-refractivity contribution is 5.92. The number of hydrogen-bond donors (Lipinski definition) is 2. The largest absolute Gasteiger partial charge is 0.462 e. The van der Waals surface area contributed by atoms with E-state index < -0.39 is 28.7 Å². The lowest BCUT2D eigenvalue weighted by Crippen LogP contribution is -2.63. The van der Waals surface area contributed by atoms with E-state index in [1.807, 2.05) is 12.2 Å². The predicted molar refractivity (Wildman–Crippen MR) is 465 cm³/mol. The maximum Gasteiger partial charge on any atom is 0.306 e. The van der Waals surface area contributed by atoms with Gasteiger partial charge in [-0.25, -0.2) is 0 Å². The zero-order chi connectivity index (χ0) is 84.8. The summed E-state index contributed by atoms with van der Waals surface area (Å²) in [6, 6.07) is 0. The summed E-state index contributed by atoms with van der Waals surface area (Å²) in [5.74, 6) is 14.8. The third-order valence-electron chi connectivity index (χ3n) is 41.4. The SMILES string of the molecule is C#C[C@]1(O)CCC2C3CCC4=CCCCC4C3C(=C)C[C@@]21CC.C=C1C[C@]2(CC)C(=O)CCC2C2CCC3=CC(=O)CCC3C12.CC[C@]12C[C@H](O)C3C4CCC5(C=C4CCC3C1CCC21OCCO1)OCCO5.C[C@H]1C[C@]2(C)C(=O)CCC2C2CCC3=CC(=O)CCC3C21.O=C1C[C@]23C[C@H](O1)C1C4CCC5(C=C4CCC1C2CCC31OCCO1)OCCO5. The molecule has 5 saturated heterocycles. The van der Waals surface area contributed by atoms with Crippen LogP contribution in [0.25, 0.3) is 0 Å². The van der Waals surface area contributed by atoms with Gasteiger partial charge in [0.1, 0.15) is 23.3 Å². The number of ether oxygens (including phenoxy) is 9. The summed E-state index contributed by atoms with van der Waals surface area (Å²) in [5, 5.41) is 22.7. The number of carbonyl (C=O) groups excluding carboxylic acids is 5. The van der Waals surface area contributed by atoms with E-state index in [0.29, 0.717) is 195 Å². The van der Waals surface area contributed by atoms with Crippen LogP contribution in [0.5, 0.6) is 0 Å². The zero-order valence-electron chi connectivity index (χ0n) is 75.2. The Hall–Kier alpha value is -4.51. The molecule has 2 bridgehead atoms. The summed E-state index contributed by atoms with van der Waals surface area (Å²) >= 11 is 0. The molecule has 123 heavy (non-hydrogen) atoms. The molecule has 0 aromatic carbocycles. The third-order valence-corrected chi connectivity index (χ3v) is 41.4. The molecule has 20 aliphatic carbocycles. The number of carbonyl (C=O) groups is 5. The van der Waals surface area contributed by atoms with E-state index in [-0.39, 0.29) is 45.3 Å². The van der Waals surface area contributed by atoms with Gasteiger partial charge in [-0.2, -0.15) is 0 Å². The van der Waals surface area contributed by atoms with E-state index in [0.717, 1.165) is 204 Å². The van der Waals surface area contributed by atoms with Crippen molar-refractivity contribution in [3.63, 3.8) is 0 Å². The first-order valence-electron chi connectivity index (χ1n) is 50.6. The summed E-state index contributed by atoms with van der Waals surface area (Å²) in [6.45, 7) is 25.8. The van der Waals surface area contributed by atoms with Crippen LogP contribution in [0.2, 0.25) is 0 Å². The normalized spacial score (nSPS) is 47.9. The average molecular weight is 1690 g/mol. The Balaban J connectivity index is 0.0000000951. The molecule has 25 rings (SSSR count). The Morgan fingerprint density at radius 2 is 0.959 bits per heavy atom. The highest BCUT2D eigenvalue weighted by Gasteiger charge is 2.75.